The number of nitrogens with zero attached hydrogens (tertiary/aromatic N) is 3. The van der Waals surface area contributed by atoms with Crippen molar-refractivity contribution in [3.05, 3.63) is 32.5 Å². The van der Waals surface area contributed by atoms with E-state index in [1.165, 1.54) is 24.2 Å². The van der Waals surface area contributed by atoms with Gasteiger partial charge in [-0.15, -0.1) is 11.3 Å². The van der Waals surface area contributed by atoms with Crippen LogP contribution in [0.1, 0.15) is 53.0 Å². The normalized spacial score (nSPS) is 21.6. The maximum absolute atomic E-state index is 12.6. The molecule has 1 amide bonds. The average molecular weight is 396 g/mol. The predicted molar refractivity (Wildman–Crippen MR) is 90.6 cm³/mol. The van der Waals surface area contributed by atoms with E-state index in [1.807, 2.05) is 16.3 Å². The molecule has 7 heteroatoms. The smallest absolute Gasteiger partial charge is 0.263 e. The molecule has 1 aliphatic carbocycles. The molecule has 23 heavy (non-hydrogen) atoms. The first-order chi connectivity index (χ1) is 11.2. The zero-order chi connectivity index (χ0) is 15.8. The van der Waals surface area contributed by atoms with Crippen molar-refractivity contribution in [2.24, 2.45) is 5.92 Å². The molecule has 2 aromatic heterocycles. The van der Waals surface area contributed by atoms with Crippen molar-refractivity contribution < 1.29 is 9.32 Å². The van der Waals surface area contributed by atoms with Crippen molar-refractivity contribution in [3.63, 3.8) is 0 Å². The van der Waals surface area contributed by atoms with Gasteiger partial charge in [-0.1, -0.05) is 5.16 Å². The second-order valence-electron chi connectivity index (χ2n) is 6.41. The van der Waals surface area contributed by atoms with Crippen LogP contribution in [0.5, 0.6) is 0 Å². The van der Waals surface area contributed by atoms with Gasteiger partial charge in [0.15, 0.2) is 5.82 Å². The zero-order valence-electron chi connectivity index (χ0n) is 12.7. The zero-order valence-corrected chi connectivity index (χ0v) is 15.1. The number of thiophene rings is 1. The summed E-state index contributed by atoms with van der Waals surface area (Å²) in [6.07, 6.45) is 5.28. The van der Waals surface area contributed by atoms with Gasteiger partial charge in [-0.05, 0) is 53.6 Å². The number of hydrogen-bond acceptors (Lipinski definition) is 5. The molecule has 2 fully saturated rings. The number of carbonyl (C=O) groups is 1. The van der Waals surface area contributed by atoms with E-state index in [0.717, 1.165) is 53.4 Å². The SMILES string of the molecule is O=C(c1cc(Br)cs1)N1CCC[C@@H](Cc2nc(C3CC3)no2)C1. The summed E-state index contributed by atoms with van der Waals surface area (Å²) >= 11 is 4.90. The monoisotopic (exact) mass is 395 g/mol. The fraction of sp³-hybridized carbons (Fsp3) is 0.562. The van der Waals surface area contributed by atoms with Gasteiger partial charge in [-0.25, -0.2) is 0 Å². The first-order valence-electron chi connectivity index (χ1n) is 8.05. The Morgan fingerprint density at radius 3 is 3.04 bits per heavy atom. The lowest BCUT2D eigenvalue weighted by Gasteiger charge is -2.31. The summed E-state index contributed by atoms with van der Waals surface area (Å²) in [7, 11) is 0. The van der Waals surface area contributed by atoms with Crippen molar-refractivity contribution in [3.8, 4) is 0 Å². The lowest BCUT2D eigenvalue weighted by atomic mass is 9.94. The lowest BCUT2D eigenvalue weighted by Crippen LogP contribution is -2.40. The summed E-state index contributed by atoms with van der Waals surface area (Å²) in [5, 5.41) is 6.03. The third-order valence-electron chi connectivity index (χ3n) is 4.47. The highest BCUT2D eigenvalue weighted by Gasteiger charge is 2.30. The summed E-state index contributed by atoms with van der Waals surface area (Å²) in [4.78, 5) is 19.8. The van der Waals surface area contributed by atoms with E-state index >= 15 is 0 Å². The molecule has 2 aliphatic rings. The number of amides is 1. The van der Waals surface area contributed by atoms with Crippen LogP contribution >= 0.6 is 27.3 Å². The molecule has 0 spiro atoms. The number of halogens is 1. The molecule has 1 saturated heterocycles. The Hall–Kier alpha value is -1.21. The molecular formula is C16H18BrN3O2S. The quantitative estimate of drug-likeness (QED) is 0.788. The Morgan fingerprint density at radius 2 is 2.30 bits per heavy atom. The summed E-state index contributed by atoms with van der Waals surface area (Å²) < 4.78 is 6.35. The maximum Gasteiger partial charge on any atom is 0.263 e. The van der Waals surface area contributed by atoms with Gasteiger partial charge in [0, 0.05) is 35.3 Å². The molecule has 1 aliphatic heterocycles. The largest absolute Gasteiger partial charge is 0.339 e. The Balaban J connectivity index is 1.39. The molecule has 4 rings (SSSR count). The second kappa shape index (κ2) is 6.36. The number of rotatable bonds is 4. The lowest BCUT2D eigenvalue weighted by molar-refractivity contribution is 0.0673. The van der Waals surface area contributed by atoms with Crippen molar-refractivity contribution in [1.29, 1.82) is 0 Å². The van der Waals surface area contributed by atoms with Crippen LogP contribution in [0.15, 0.2) is 20.4 Å². The minimum absolute atomic E-state index is 0.134. The van der Waals surface area contributed by atoms with Crippen LogP contribution in [0.4, 0.5) is 0 Å². The van der Waals surface area contributed by atoms with Gasteiger partial charge >= 0.3 is 0 Å². The van der Waals surface area contributed by atoms with Crippen molar-refractivity contribution >= 4 is 33.2 Å². The standard InChI is InChI=1S/C16H18BrN3O2S/c17-12-7-13(23-9-12)16(21)20-5-1-2-10(8-20)6-14-18-15(19-22-14)11-3-4-11/h7,9-11H,1-6,8H2/t10-/m0/s1. The van der Waals surface area contributed by atoms with Gasteiger partial charge in [0.1, 0.15) is 0 Å². The number of carbonyl (C=O) groups excluding carboxylic acids is 1. The molecule has 0 aromatic carbocycles. The van der Waals surface area contributed by atoms with Gasteiger partial charge in [0.05, 0.1) is 4.88 Å². The van der Waals surface area contributed by atoms with Crippen molar-refractivity contribution in [1.82, 2.24) is 15.0 Å². The molecule has 0 radical (unpaired) electrons. The van der Waals surface area contributed by atoms with E-state index in [4.69, 9.17) is 4.52 Å². The second-order valence-corrected chi connectivity index (χ2v) is 8.24. The van der Waals surface area contributed by atoms with E-state index in [-0.39, 0.29) is 5.91 Å². The van der Waals surface area contributed by atoms with Crippen LogP contribution in [0.3, 0.4) is 0 Å². The highest BCUT2D eigenvalue weighted by Crippen LogP contribution is 2.38. The minimum Gasteiger partial charge on any atom is -0.339 e. The van der Waals surface area contributed by atoms with Gasteiger partial charge in [0.25, 0.3) is 5.91 Å². The average Bonchev–Trinajstić information content (AvgIpc) is 3.16. The molecule has 122 valence electrons. The Morgan fingerprint density at radius 1 is 1.43 bits per heavy atom. The fourth-order valence-electron chi connectivity index (χ4n) is 3.10. The first kappa shape index (κ1) is 15.3. The summed E-state index contributed by atoms with van der Waals surface area (Å²) in [5.74, 6) is 2.66. The predicted octanol–water partition coefficient (Wildman–Crippen LogP) is 3.87. The van der Waals surface area contributed by atoms with E-state index in [9.17, 15) is 4.79 Å². The number of piperidine rings is 1. The van der Waals surface area contributed by atoms with Crippen LogP contribution < -0.4 is 0 Å². The summed E-state index contributed by atoms with van der Waals surface area (Å²) in [5.41, 5.74) is 0. The molecule has 1 atom stereocenters. The Labute approximate surface area is 147 Å². The molecule has 0 unspecified atom stereocenters. The van der Waals surface area contributed by atoms with Crippen molar-refractivity contribution in [2.75, 3.05) is 13.1 Å². The van der Waals surface area contributed by atoms with E-state index < -0.39 is 0 Å². The van der Waals surface area contributed by atoms with Crippen molar-refractivity contribution in [2.45, 2.75) is 38.0 Å². The van der Waals surface area contributed by atoms with Crippen LogP contribution in [0, 0.1) is 5.92 Å². The van der Waals surface area contributed by atoms with Gasteiger partial charge in [0.2, 0.25) is 5.89 Å². The molecule has 0 bridgehead atoms. The van der Waals surface area contributed by atoms with Gasteiger partial charge in [-0.3, -0.25) is 4.79 Å². The summed E-state index contributed by atoms with van der Waals surface area (Å²) in [6.45, 7) is 1.61. The molecule has 1 saturated carbocycles. The third kappa shape index (κ3) is 3.50. The fourth-order valence-corrected chi connectivity index (χ4v) is 4.50. The van der Waals surface area contributed by atoms with E-state index in [2.05, 4.69) is 26.1 Å². The molecule has 0 N–H and O–H groups in total. The maximum atomic E-state index is 12.6. The van der Waals surface area contributed by atoms with Crippen LogP contribution in [-0.2, 0) is 6.42 Å². The molecular weight excluding hydrogens is 378 g/mol. The third-order valence-corrected chi connectivity index (χ3v) is 6.15. The van der Waals surface area contributed by atoms with E-state index in [1.54, 1.807) is 0 Å². The molecule has 3 heterocycles. The first-order valence-corrected chi connectivity index (χ1v) is 9.72. The van der Waals surface area contributed by atoms with Crippen LogP contribution in [0.25, 0.3) is 0 Å². The Bertz CT molecular complexity index is 710. The molecule has 2 aromatic rings. The molecule has 5 nitrogen and oxygen atoms in total. The highest BCUT2D eigenvalue weighted by molar-refractivity contribution is 9.10. The van der Waals surface area contributed by atoms with Gasteiger partial charge < -0.3 is 9.42 Å². The van der Waals surface area contributed by atoms with Crippen LogP contribution in [-0.4, -0.2) is 34.0 Å². The Kier molecular flexibility index (Phi) is 4.24. The highest BCUT2D eigenvalue weighted by atomic mass is 79.9. The summed E-state index contributed by atoms with van der Waals surface area (Å²) in [6, 6.07) is 1.90. The van der Waals surface area contributed by atoms with Gasteiger partial charge in [-0.2, -0.15) is 4.98 Å². The minimum atomic E-state index is 0.134. The van der Waals surface area contributed by atoms with Crippen LogP contribution in [0.2, 0.25) is 0 Å². The number of hydrogen-bond donors (Lipinski definition) is 0. The number of likely N-dealkylation sites (tertiary alicyclic amines) is 1. The van der Waals surface area contributed by atoms with E-state index in [0.29, 0.717) is 11.8 Å². The number of aromatic nitrogens is 2. The topological polar surface area (TPSA) is 59.2 Å².